The molecule has 1 fully saturated rings. The summed E-state index contributed by atoms with van der Waals surface area (Å²) in [6.45, 7) is 0.824. The van der Waals surface area contributed by atoms with Gasteiger partial charge in [-0.3, -0.25) is 9.59 Å². The number of thiophene rings is 1. The first-order valence-electron chi connectivity index (χ1n) is 7.21. The predicted molar refractivity (Wildman–Crippen MR) is 86.8 cm³/mol. The molecule has 0 saturated carbocycles. The summed E-state index contributed by atoms with van der Waals surface area (Å²) < 4.78 is 0. The predicted octanol–water partition coefficient (Wildman–Crippen LogP) is 2.23. The average Bonchev–Trinajstić information content (AvgIpc) is 3.22. The number of hydrogen-bond acceptors (Lipinski definition) is 5. The van der Waals surface area contributed by atoms with E-state index in [1.807, 2.05) is 16.8 Å². The van der Waals surface area contributed by atoms with Crippen LogP contribution >= 0.6 is 22.7 Å². The molecule has 2 aromatic heterocycles. The lowest BCUT2D eigenvalue weighted by Crippen LogP contribution is -2.39. The van der Waals surface area contributed by atoms with E-state index < -0.39 is 0 Å². The first-order chi connectivity index (χ1) is 10.7. The van der Waals surface area contributed by atoms with E-state index in [0.717, 1.165) is 17.8 Å². The SMILES string of the molecule is O=C(CN1CCCC1=O)NC(Cc1cccs1)c1nccs1. The summed E-state index contributed by atoms with van der Waals surface area (Å²) in [5.41, 5.74) is 0. The molecule has 1 aliphatic rings. The van der Waals surface area contributed by atoms with Crippen molar-refractivity contribution in [2.24, 2.45) is 0 Å². The largest absolute Gasteiger partial charge is 0.345 e. The van der Waals surface area contributed by atoms with Crippen LogP contribution in [0.3, 0.4) is 0 Å². The van der Waals surface area contributed by atoms with Crippen LogP contribution in [-0.2, 0) is 16.0 Å². The van der Waals surface area contributed by atoms with E-state index in [9.17, 15) is 9.59 Å². The minimum absolute atomic E-state index is 0.0687. The Bertz CT molecular complexity index is 625. The molecule has 1 unspecified atom stereocenters. The molecule has 3 rings (SSSR count). The van der Waals surface area contributed by atoms with Crippen LogP contribution in [0, 0.1) is 0 Å². The zero-order chi connectivity index (χ0) is 15.4. The van der Waals surface area contributed by atoms with Crippen molar-refractivity contribution in [2.45, 2.75) is 25.3 Å². The highest BCUT2D eigenvalue weighted by atomic mass is 32.1. The van der Waals surface area contributed by atoms with Gasteiger partial charge in [0.25, 0.3) is 0 Å². The molecular weight excluding hydrogens is 318 g/mol. The summed E-state index contributed by atoms with van der Waals surface area (Å²) in [4.78, 5) is 31.0. The molecule has 0 radical (unpaired) electrons. The summed E-state index contributed by atoms with van der Waals surface area (Å²) in [5.74, 6) is -0.0498. The van der Waals surface area contributed by atoms with Crippen molar-refractivity contribution in [2.75, 3.05) is 13.1 Å². The van der Waals surface area contributed by atoms with Gasteiger partial charge in [-0.1, -0.05) is 6.07 Å². The molecule has 2 aromatic rings. The van der Waals surface area contributed by atoms with Crippen LogP contribution in [0.15, 0.2) is 29.1 Å². The third-order valence-electron chi connectivity index (χ3n) is 3.58. The molecule has 1 saturated heterocycles. The summed E-state index contributed by atoms with van der Waals surface area (Å²) >= 11 is 3.21. The number of carbonyl (C=O) groups excluding carboxylic acids is 2. The highest BCUT2D eigenvalue weighted by Crippen LogP contribution is 2.23. The van der Waals surface area contributed by atoms with Gasteiger partial charge in [-0.25, -0.2) is 4.98 Å². The fraction of sp³-hybridized carbons (Fsp3) is 0.400. The van der Waals surface area contributed by atoms with Crippen LogP contribution in [0.1, 0.15) is 28.8 Å². The number of amides is 2. The second-order valence-corrected chi connectivity index (χ2v) is 7.15. The molecule has 116 valence electrons. The Balaban J connectivity index is 1.64. The molecule has 1 atom stereocenters. The van der Waals surface area contributed by atoms with Gasteiger partial charge in [-0.15, -0.1) is 22.7 Å². The molecule has 2 amide bonds. The molecule has 3 heterocycles. The molecule has 22 heavy (non-hydrogen) atoms. The van der Waals surface area contributed by atoms with Gasteiger partial charge in [0.2, 0.25) is 11.8 Å². The average molecular weight is 335 g/mol. The molecule has 1 aliphatic heterocycles. The minimum Gasteiger partial charge on any atom is -0.345 e. The Morgan fingerprint density at radius 2 is 2.32 bits per heavy atom. The fourth-order valence-corrected chi connectivity index (χ4v) is 3.96. The third kappa shape index (κ3) is 3.72. The molecule has 0 aliphatic carbocycles. The number of thiazole rings is 1. The van der Waals surface area contributed by atoms with E-state index in [1.165, 1.54) is 16.2 Å². The third-order valence-corrected chi connectivity index (χ3v) is 5.36. The number of carbonyl (C=O) groups is 2. The zero-order valence-corrected chi connectivity index (χ0v) is 13.7. The molecule has 7 heteroatoms. The second kappa shape index (κ2) is 7.02. The maximum atomic E-state index is 12.3. The lowest BCUT2D eigenvalue weighted by Gasteiger charge is -2.19. The summed E-state index contributed by atoms with van der Waals surface area (Å²) in [6, 6.07) is 3.93. The number of likely N-dealkylation sites (tertiary alicyclic amines) is 1. The van der Waals surface area contributed by atoms with Crippen LogP contribution in [0.4, 0.5) is 0 Å². The van der Waals surface area contributed by atoms with Crippen molar-refractivity contribution in [3.05, 3.63) is 39.0 Å². The number of hydrogen-bond donors (Lipinski definition) is 1. The van der Waals surface area contributed by atoms with E-state index in [4.69, 9.17) is 0 Å². The molecule has 0 bridgehead atoms. The maximum Gasteiger partial charge on any atom is 0.240 e. The number of aromatic nitrogens is 1. The Morgan fingerprint density at radius 3 is 2.95 bits per heavy atom. The van der Waals surface area contributed by atoms with Gasteiger partial charge in [0.1, 0.15) is 5.01 Å². The zero-order valence-electron chi connectivity index (χ0n) is 12.0. The minimum atomic E-state index is -0.135. The first kappa shape index (κ1) is 15.2. The van der Waals surface area contributed by atoms with Gasteiger partial charge < -0.3 is 10.2 Å². The topological polar surface area (TPSA) is 62.3 Å². The summed E-state index contributed by atoms with van der Waals surface area (Å²) in [6.07, 6.45) is 3.87. The Kier molecular flexibility index (Phi) is 4.84. The molecular formula is C15H17N3O2S2. The maximum absolute atomic E-state index is 12.3. The van der Waals surface area contributed by atoms with Crippen molar-refractivity contribution in [3.63, 3.8) is 0 Å². The number of rotatable bonds is 6. The fourth-order valence-electron chi connectivity index (χ4n) is 2.52. The van der Waals surface area contributed by atoms with Gasteiger partial charge in [0.05, 0.1) is 12.6 Å². The van der Waals surface area contributed by atoms with Gasteiger partial charge in [-0.2, -0.15) is 0 Å². The monoisotopic (exact) mass is 335 g/mol. The van der Waals surface area contributed by atoms with Gasteiger partial charge in [0.15, 0.2) is 0 Å². The van der Waals surface area contributed by atoms with Crippen LogP contribution in [0.5, 0.6) is 0 Å². The van der Waals surface area contributed by atoms with E-state index in [1.54, 1.807) is 22.4 Å². The number of nitrogens with zero attached hydrogens (tertiary/aromatic N) is 2. The molecule has 0 spiro atoms. The normalized spacial score (nSPS) is 16.0. The smallest absolute Gasteiger partial charge is 0.240 e. The van der Waals surface area contributed by atoms with Gasteiger partial charge in [-0.05, 0) is 17.9 Å². The highest BCUT2D eigenvalue weighted by molar-refractivity contribution is 7.10. The summed E-state index contributed by atoms with van der Waals surface area (Å²) in [7, 11) is 0. The van der Waals surface area contributed by atoms with Crippen molar-refractivity contribution in [1.82, 2.24) is 15.2 Å². The Hall–Kier alpha value is -1.73. The molecule has 0 aromatic carbocycles. The summed E-state index contributed by atoms with van der Waals surface area (Å²) in [5, 5.41) is 7.86. The quantitative estimate of drug-likeness (QED) is 0.880. The van der Waals surface area contributed by atoms with Crippen molar-refractivity contribution < 1.29 is 9.59 Å². The van der Waals surface area contributed by atoms with Gasteiger partial charge in [0, 0.05) is 35.8 Å². The first-order valence-corrected chi connectivity index (χ1v) is 8.97. The highest BCUT2D eigenvalue weighted by Gasteiger charge is 2.24. The lowest BCUT2D eigenvalue weighted by molar-refractivity contribution is -0.133. The Morgan fingerprint density at radius 1 is 1.41 bits per heavy atom. The van der Waals surface area contributed by atoms with E-state index in [-0.39, 0.29) is 24.4 Å². The van der Waals surface area contributed by atoms with E-state index in [0.29, 0.717) is 13.0 Å². The van der Waals surface area contributed by atoms with Crippen LogP contribution in [0.25, 0.3) is 0 Å². The lowest BCUT2D eigenvalue weighted by atomic mass is 10.2. The van der Waals surface area contributed by atoms with Gasteiger partial charge >= 0.3 is 0 Å². The van der Waals surface area contributed by atoms with Crippen LogP contribution in [-0.4, -0.2) is 34.8 Å². The van der Waals surface area contributed by atoms with E-state index >= 15 is 0 Å². The van der Waals surface area contributed by atoms with Crippen molar-refractivity contribution in [1.29, 1.82) is 0 Å². The molecule has 1 N–H and O–H groups in total. The number of nitrogens with one attached hydrogen (secondary N) is 1. The van der Waals surface area contributed by atoms with E-state index in [2.05, 4.69) is 16.4 Å². The van der Waals surface area contributed by atoms with Crippen LogP contribution in [0.2, 0.25) is 0 Å². The van der Waals surface area contributed by atoms with Crippen molar-refractivity contribution >= 4 is 34.5 Å². The molecule has 5 nitrogen and oxygen atoms in total. The van der Waals surface area contributed by atoms with Crippen molar-refractivity contribution in [3.8, 4) is 0 Å². The van der Waals surface area contributed by atoms with Crippen LogP contribution < -0.4 is 5.32 Å². The second-order valence-electron chi connectivity index (χ2n) is 5.19. The standard InChI is InChI=1S/C15H17N3O2S2/c19-13(10-18-6-1-4-14(18)20)17-12(15-16-5-8-22-15)9-11-3-2-7-21-11/h2-3,5,7-8,12H,1,4,6,9-10H2,(H,17,19). The Labute approximate surface area is 137 Å².